The molecule has 0 bridgehead atoms. The van der Waals surface area contributed by atoms with Gasteiger partial charge in [-0.15, -0.1) is 0 Å². The van der Waals surface area contributed by atoms with Crippen molar-refractivity contribution in [2.75, 3.05) is 6.54 Å². The van der Waals surface area contributed by atoms with Gasteiger partial charge in [0.1, 0.15) is 17.0 Å². The first kappa shape index (κ1) is 25.9. The molecule has 2 atom stereocenters. The van der Waals surface area contributed by atoms with Crippen molar-refractivity contribution in [3.05, 3.63) is 69.9 Å². The number of hydrogen-bond donors (Lipinski definition) is 0. The van der Waals surface area contributed by atoms with Gasteiger partial charge in [0.2, 0.25) is 0 Å². The van der Waals surface area contributed by atoms with Crippen LogP contribution in [0.15, 0.2) is 53.0 Å². The lowest BCUT2D eigenvalue weighted by Gasteiger charge is -2.34. The average Bonchev–Trinajstić information content (AvgIpc) is 3.01. The molecule has 0 N–H and O–H groups in total. The summed E-state index contributed by atoms with van der Waals surface area (Å²) in [5, 5.41) is 0. The zero-order valence-corrected chi connectivity index (χ0v) is 21.7. The van der Waals surface area contributed by atoms with Gasteiger partial charge in [0, 0.05) is 16.9 Å². The number of halogens is 2. The molecule has 182 valence electrons. The van der Waals surface area contributed by atoms with Crippen LogP contribution >= 0.6 is 15.9 Å². The van der Waals surface area contributed by atoms with Gasteiger partial charge in [-0.2, -0.15) is 0 Å². The summed E-state index contributed by atoms with van der Waals surface area (Å²) in [6.45, 7) is 10.1. The van der Waals surface area contributed by atoms with E-state index < -0.39 is 46.3 Å². The standard InChI is InChI=1S/C26H29BrFNO5/c1-24(2,3)33-22(31)26(17-9-13-19(28)14-10-17)20(16-7-11-18(27)12-8-16)15-29(21(26)30)23(32)34-25(4,5)6/h7-14,20H,15H2,1-6H3. The van der Waals surface area contributed by atoms with E-state index >= 15 is 0 Å². The Balaban J connectivity index is 2.26. The topological polar surface area (TPSA) is 72.9 Å². The number of imide groups is 1. The van der Waals surface area contributed by atoms with Gasteiger partial charge >= 0.3 is 12.1 Å². The lowest BCUT2D eigenvalue weighted by atomic mass is 9.69. The first-order chi connectivity index (χ1) is 15.6. The molecule has 1 aliphatic heterocycles. The Kier molecular flexibility index (Phi) is 6.95. The number of hydrogen-bond acceptors (Lipinski definition) is 5. The molecule has 1 aliphatic rings. The molecule has 2 amide bonds. The van der Waals surface area contributed by atoms with E-state index in [1.54, 1.807) is 65.8 Å². The van der Waals surface area contributed by atoms with Crippen molar-refractivity contribution >= 4 is 33.9 Å². The van der Waals surface area contributed by atoms with Gasteiger partial charge in [-0.25, -0.2) is 14.1 Å². The molecule has 3 rings (SSSR count). The molecule has 1 saturated heterocycles. The number of rotatable bonds is 3. The molecule has 0 saturated carbocycles. The summed E-state index contributed by atoms with van der Waals surface area (Å²) >= 11 is 3.40. The second-order valence-electron chi connectivity index (χ2n) is 10.3. The minimum atomic E-state index is -1.91. The molecule has 6 nitrogen and oxygen atoms in total. The van der Waals surface area contributed by atoms with Crippen molar-refractivity contribution < 1.29 is 28.2 Å². The average molecular weight is 534 g/mol. The zero-order valence-electron chi connectivity index (χ0n) is 20.1. The van der Waals surface area contributed by atoms with Gasteiger partial charge in [0.15, 0.2) is 5.41 Å². The van der Waals surface area contributed by atoms with Crippen LogP contribution in [0.25, 0.3) is 0 Å². The predicted molar refractivity (Wildman–Crippen MR) is 129 cm³/mol. The third-order valence-electron chi connectivity index (χ3n) is 5.38. The molecule has 34 heavy (non-hydrogen) atoms. The monoisotopic (exact) mass is 533 g/mol. The fourth-order valence-electron chi connectivity index (χ4n) is 4.03. The van der Waals surface area contributed by atoms with E-state index in [4.69, 9.17) is 9.47 Å². The van der Waals surface area contributed by atoms with Crippen LogP contribution in [0.4, 0.5) is 9.18 Å². The second-order valence-corrected chi connectivity index (χ2v) is 11.2. The molecular weight excluding hydrogens is 505 g/mol. The summed E-state index contributed by atoms with van der Waals surface area (Å²) in [6, 6.07) is 12.3. The Hall–Kier alpha value is -2.74. The normalized spacial score (nSPS) is 20.9. The molecule has 0 radical (unpaired) electrons. The van der Waals surface area contributed by atoms with Gasteiger partial charge in [-0.05, 0) is 76.9 Å². The maximum atomic E-state index is 14.0. The van der Waals surface area contributed by atoms with E-state index in [1.165, 1.54) is 24.3 Å². The van der Waals surface area contributed by atoms with Crippen molar-refractivity contribution in [2.24, 2.45) is 0 Å². The Morgan fingerprint density at radius 1 is 0.941 bits per heavy atom. The number of esters is 1. The lowest BCUT2D eigenvalue weighted by molar-refractivity contribution is -0.165. The van der Waals surface area contributed by atoms with E-state index in [0.717, 1.165) is 9.37 Å². The van der Waals surface area contributed by atoms with Crippen LogP contribution < -0.4 is 0 Å². The number of likely N-dealkylation sites (tertiary alicyclic amines) is 1. The number of carbonyl (C=O) groups excluding carboxylic acids is 3. The maximum absolute atomic E-state index is 14.0. The number of amides is 2. The molecule has 2 aromatic rings. The smallest absolute Gasteiger partial charge is 0.417 e. The SMILES string of the molecule is CC(C)(C)OC(=O)N1CC(c2ccc(Br)cc2)C(C(=O)OC(C)(C)C)(c2ccc(F)cc2)C1=O. The molecule has 0 aliphatic carbocycles. The number of ether oxygens (including phenoxy) is 2. The van der Waals surface area contributed by atoms with Crippen LogP contribution in [0.1, 0.15) is 58.6 Å². The van der Waals surface area contributed by atoms with E-state index in [2.05, 4.69) is 15.9 Å². The van der Waals surface area contributed by atoms with E-state index in [9.17, 15) is 18.8 Å². The zero-order chi connectivity index (χ0) is 25.5. The summed E-state index contributed by atoms with van der Waals surface area (Å²) in [5.74, 6) is -2.88. The lowest BCUT2D eigenvalue weighted by Crippen LogP contribution is -2.51. The van der Waals surface area contributed by atoms with Crippen LogP contribution in [0, 0.1) is 5.82 Å². The van der Waals surface area contributed by atoms with Crippen molar-refractivity contribution in [3.8, 4) is 0 Å². The highest BCUT2D eigenvalue weighted by molar-refractivity contribution is 9.10. The predicted octanol–water partition coefficient (Wildman–Crippen LogP) is 5.73. The molecular formula is C26H29BrFNO5. The minimum absolute atomic E-state index is 0.105. The van der Waals surface area contributed by atoms with Crippen LogP contribution in [0.5, 0.6) is 0 Å². The summed E-state index contributed by atoms with van der Waals surface area (Å²) in [7, 11) is 0. The highest BCUT2D eigenvalue weighted by Crippen LogP contribution is 2.48. The Morgan fingerprint density at radius 3 is 1.97 bits per heavy atom. The third-order valence-corrected chi connectivity index (χ3v) is 5.91. The summed E-state index contributed by atoms with van der Waals surface area (Å²) in [5.41, 5.74) is -2.78. The van der Waals surface area contributed by atoms with Crippen molar-refractivity contribution in [3.63, 3.8) is 0 Å². The molecule has 2 aromatic carbocycles. The quantitative estimate of drug-likeness (QED) is 0.372. The number of benzene rings is 2. The molecule has 1 fully saturated rings. The summed E-state index contributed by atoms with van der Waals surface area (Å²) < 4.78 is 25.9. The molecule has 2 unspecified atom stereocenters. The highest BCUT2D eigenvalue weighted by Gasteiger charge is 2.64. The van der Waals surface area contributed by atoms with Crippen LogP contribution in [0.3, 0.4) is 0 Å². The molecule has 8 heteroatoms. The van der Waals surface area contributed by atoms with Crippen molar-refractivity contribution in [1.29, 1.82) is 0 Å². The van der Waals surface area contributed by atoms with Crippen LogP contribution in [-0.4, -0.2) is 40.6 Å². The molecule has 1 heterocycles. The van der Waals surface area contributed by atoms with E-state index in [0.29, 0.717) is 5.56 Å². The maximum Gasteiger partial charge on any atom is 0.417 e. The molecule has 0 aromatic heterocycles. The van der Waals surface area contributed by atoms with E-state index in [-0.39, 0.29) is 12.1 Å². The number of nitrogens with zero attached hydrogens (tertiary/aromatic N) is 1. The minimum Gasteiger partial charge on any atom is -0.459 e. The third kappa shape index (κ3) is 5.17. The van der Waals surface area contributed by atoms with Gasteiger partial charge in [-0.3, -0.25) is 9.59 Å². The Labute approximate surface area is 207 Å². The van der Waals surface area contributed by atoms with Gasteiger partial charge in [-0.1, -0.05) is 40.2 Å². The van der Waals surface area contributed by atoms with E-state index in [1.807, 2.05) is 0 Å². The van der Waals surface area contributed by atoms with Crippen LogP contribution in [-0.2, 0) is 24.5 Å². The van der Waals surface area contributed by atoms with Gasteiger partial charge in [0.05, 0.1) is 0 Å². The summed E-state index contributed by atoms with van der Waals surface area (Å²) in [6.07, 6.45) is -0.854. The molecule has 0 spiro atoms. The first-order valence-corrected chi connectivity index (χ1v) is 11.7. The Morgan fingerprint density at radius 2 is 1.47 bits per heavy atom. The second kappa shape index (κ2) is 9.13. The summed E-state index contributed by atoms with van der Waals surface area (Å²) in [4.78, 5) is 41.9. The van der Waals surface area contributed by atoms with Crippen molar-refractivity contribution in [2.45, 2.75) is 64.1 Å². The Bertz CT molecular complexity index is 1090. The first-order valence-electron chi connectivity index (χ1n) is 10.9. The fraction of sp³-hybridized carbons (Fsp3) is 0.423. The fourth-order valence-corrected chi connectivity index (χ4v) is 4.30. The van der Waals surface area contributed by atoms with Gasteiger partial charge in [0.25, 0.3) is 5.91 Å². The largest absolute Gasteiger partial charge is 0.459 e. The van der Waals surface area contributed by atoms with Gasteiger partial charge < -0.3 is 9.47 Å². The van der Waals surface area contributed by atoms with Crippen LogP contribution in [0.2, 0.25) is 0 Å². The number of carbonyl (C=O) groups is 3. The van der Waals surface area contributed by atoms with Crippen molar-refractivity contribution in [1.82, 2.24) is 4.90 Å². The highest BCUT2D eigenvalue weighted by atomic mass is 79.9.